The summed E-state index contributed by atoms with van der Waals surface area (Å²) < 4.78 is 18.5. The number of carbonyl (C=O) groups excluding carboxylic acids is 1. The Labute approximate surface area is 159 Å². The molecule has 0 aliphatic heterocycles. The van der Waals surface area contributed by atoms with Crippen LogP contribution in [0.3, 0.4) is 0 Å². The number of hydrogen-bond acceptors (Lipinski definition) is 4. The smallest absolute Gasteiger partial charge is 0.335 e. The molecule has 0 saturated heterocycles. The summed E-state index contributed by atoms with van der Waals surface area (Å²) in [5.74, 6) is -1.52. The van der Waals surface area contributed by atoms with E-state index in [2.05, 4.69) is 5.32 Å². The second-order valence-electron chi connectivity index (χ2n) is 5.72. The number of halogens is 1. The van der Waals surface area contributed by atoms with Crippen LogP contribution in [-0.2, 0) is 4.79 Å². The van der Waals surface area contributed by atoms with E-state index in [1.807, 2.05) is 0 Å². The van der Waals surface area contributed by atoms with Crippen LogP contribution in [0.2, 0.25) is 0 Å². The Balaban J connectivity index is 1.81. The summed E-state index contributed by atoms with van der Waals surface area (Å²) in [4.78, 5) is 23.3. The summed E-state index contributed by atoms with van der Waals surface area (Å²) in [5, 5.41) is 20.8. The monoisotopic (exact) mass is 376 g/mol. The minimum Gasteiger partial charge on any atom is -0.478 e. The molecule has 0 bridgehead atoms. The Kier molecular flexibility index (Phi) is 5.33. The molecule has 1 aromatic heterocycles. The lowest BCUT2D eigenvalue weighted by molar-refractivity contribution is -0.112. The van der Waals surface area contributed by atoms with Crippen molar-refractivity contribution in [2.75, 3.05) is 5.32 Å². The number of nitrogens with one attached hydrogen (secondary N) is 1. The third-order valence-electron chi connectivity index (χ3n) is 3.77. The molecule has 0 aliphatic carbocycles. The van der Waals surface area contributed by atoms with Crippen molar-refractivity contribution < 1.29 is 23.5 Å². The first kappa shape index (κ1) is 18.6. The van der Waals surface area contributed by atoms with Crippen LogP contribution in [0.4, 0.5) is 10.1 Å². The van der Waals surface area contributed by atoms with Crippen molar-refractivity contribution in [3.63, 3.8) is 0 Å². The molecule has 2 aromatic carbocycles. The van der Waals surface area contributed by atoms with Crippen molar-refractivity contribution in [3.8, 4) is 17.4 Å². The first-order chi connectivity index (χ1) is 13.5. The number of nitriles is 1. The van der Waals surface area contributed by atoms with Gasteiger partial charge in [-0.15, -0.1) is 0 Å². The van der Waals surface area contributed by atoms with Crippen LogP contribution in [-0.4, -0.2) is 17.0 Å². The van der Waals surface area contributed by atoms with E-state index in [0.29, 0.717) is 17.0 Å². The lowest BCUT2D eigenvalue weighted by Gasteiger charge is -2.03. The maximum atomic E-state index is 12.9. The van der Waals surface area contributed by atoms with E-state index in [1.165, 1.54) is 42.5 Å². The molecule has 2 N–H and O–H groups in total. The number of hydrogen-bond donors (Lipinski definition) is 2. The van der Waals surface area contributed by atoms with E-state index in [1.54, 1.807) is 30.3 Å². The number of benzene rings is 2. The minimum absolute atomic E-state index is 0.113. The van der Waals surface area contributed by atoms with Gasteiger partial charge in [0.15, 0.2) is 0 Å². The Morgan fingerprint density at radius 1 is 1.11 bits per heavy atom. The molecule has 0 unspecified atom stereocenters. The lowest BCUT2D eigenvalue weighted by atomic mass is 10.1. The molecule has 0 atom stereocenters. The number of carboxylic acids is 1. The van der Waals surface area contributed by atoms with Gasteiger partial charge in [-0.05, 0) is 48.5 Å². The lowest BCUT2D eigenvalue weighted by Crippen LogP contribution is -2.13. The molecule has 138 valence electrons. The van der Waals surface area contributed by atoms with Crippen molar-refractivity contribution in [2.45, 2.75) is 0 Å². The first-order valence-corrected chi connectivity index (χ1v) is 8.08. The molecule has 0 spiro atoms. The topological polar surface area (TPSA) is 103 Å². The van der Waals surface area contributed by atoms with Gasteiger partial charge in [0.05, 0.1) is 5.56 Å². The first-order valence-electron chi connectivity index (χ1n) is 8.08. The van der Waals surface area contributed by atoms with E-state index in [9.17, 15) is 19.2 Å². The maximum absolute atomic E-state index is 12.9. The predicted octanol–water partition coefficient (Wildman–Crippen LogP) is 4.33. The number of nitrogens with zero attached hydrogens (tertiary/aromatic N) is 1. The zero-order valence-electron chi connectivity index (χ0n) is 14.3. The van der Waals surface area contributed by atoms with Gasteiger partial charge in [-0.1, -0.05) is 12.1 Å². The fourth-order valence-electron chi connectivity index (χ4n) is 2.41. The van der Waals surface area contributed by atoms with Crippen LogP contribution < -0.4 is 5.32 Å². The van der Waals surface area contributed by atoms with Gasteiger partial charge in [0, 0.05) is 17.3 Å². The third kappa shape index (κ3) is 4.31. The van der Waals surface area contributed by atoms with Gasteiger partial charge < -0.3 is 14.8 Å². The summed E-state index contributed by atoms with van der Waals surface area (Å²) in [6.07, 6.45) is 1.27. The van der Waals surface area contributed by atoms with Gasteiger partial charge in [-0.2, -0.15) is 5.26 Å². The average Bonchev–Trinajstić information content (AvgIpc) is 3.16. The number of furan rings is 1. The molecule has 7 heteroatoms. The highest BCUT2D eigenvalue weighted by Gasteiger charge is 2.12. The van der Waals surface area contributed by atoms with E-state index < -0.39 is 17.7 Å². The molecule has 3 aromatic rings. The standard InChI is InChI=1S/C21H13FN2O4/c22-16-4-6-17(7-5-16)24-20(25)15(12-23)11-18-8-9-19(28-18)13-2-1-3-14(10-13)21(26)27/h1-11H,(H,24,25)(H,26,27)/b15-11+. The van der Waals surface area contributed by atoms with Crippen LogP contribution in [0, 0.1) is 17.1 Å². The summed E-state index contributed by atoms with van der Waals surface area (Å²) in [6, 6.07) is 16.3. The molecule has 6 nitrogen and oxygen atoms in total. The number of carboxylic acid groups (broad SMARTS) is 1. The van der Waals surface area contributed by atoms with Crippen LogP contribution in [0.1, 0.15) is 16.1 Å². The number of anilines is 1. The highest BCUT2D eigenvalue weighted by molar-refractivity contribution is 6.09. The SMILES string of the molecule is N#C/C(=C\c1ccc(-c2cccc(C(=O)O)c2)o1)C(=O)Nc1ccc(F)cc1. The van der Waals surface area contributed by atoms with Crippen LogP contribution in [0.5, 0.6) is 0 Å². The van der Waals surface area contributed by atoms with Crippen molar-refractivity contribution in [3.05, 3.63) is 83.4 Å². The van der Waals surface area contributed by atoms with Gasteiger partial charge >= 0.3 is 5.97 Å². The Hall–Kier alpha value is -4.18. The van der Waals surface area contributed by atoms with Crippen LogP contribution in [0.15, 0.2) is 70.7 Å². The van der Waals surface area contributed by atoms with E-state index in [4.69, 9.17) is 9.52 Å². The summed E-state index contributed by atoms with van der Waals surface area (Å²) >= 11 is 0. The Morgan fingerprint density at radius 2 is 1.86 bits per heavy atom. The Morgan fingerprint density at radius 3 is 2.54 bits per heavy atom. The van der Waals surface area contributed by atoms with E-state index in [0.717, 1.165) is 0 Å². The van der Waals surface area contributed by atoms with E-state index in [-0.39, 0.29) is 16.9 Å². The molecule has 1 heterocycles. The largest absolute Gasteiger partial charge is 0.478 e. The second-order valence-corrected chi connectivity index (χ2v) is 5.72. The fraction of sp³-hybridized carbons (Fsp3) is 0. The third-order valence-corrected chi connectivity index (χ3v) is 3.77. The zero-order valence-corrected chi connectivity index (χ0v) is 14.3. The molecule has 0 radical (unpaired) electrons. The molecule has 0 fully saturated rings. The van der Waals surface area contributed by atoms with Gasteiger partial charge in [0.25, 0.3) is 5.91 Å². The van der Waals surface area contributed by atoms with Gasteiger partial charge in [0.2, 0.25) is 0 Å². The van der Waals surface area contributed by atoms with Crippen molar-refractivity contribution >= 4 is 23.6 Å². The van der Waals surface area contributed by atoms with Crippen molar-refractivity contribution in [1.82, 2.24) is 0 Å². The maximum Gasteiger partial charge on any atom is 0.335 e. The summed E-state index contributed by atoms with van der Waals surface area (Å²) in [7, 11) is 0. The average molecular weight is 376 g/mol. The molecule has 28 heavy (non-hydrogen) atoms. The molecule has 0 saturated carbocycles. The minimum atomic E-state index is -1.06. The molecule has 1 amide bonds. The van der Waals surface area contributed by atoms with Crippen LogP contribution >= 0.6 is 0 Å². The quantitative estimate of drug-likeness (QED) is 0.510. The second kappa shape index (κ2) is 8.01. The summed E-state index contributed by atoms with van der Waals surface area (Å²) in [5.41, 5.74) is 0.805. The molecular formula is C21H13FN2O4. The van der Waals surface area contributed by atoms with Gasteiger partial charge in [-0.3, -0.25) is 4.79 Å². The zero-order chi connectivity index (χ0) is 20.1. The number of amides is 1. The molecule has 3 rings (SSSR count). The van der Waals surface area contributed by atoms with Gasteiger partial charge in [0.1, 0.15) is 29.0 Å². The highest BCUT2D eigenvalue weighted by atomic mass is 19.1. The Bertz CT molecular complexity index is 1110. The van der Waals surface area contributed by atoms with E-state index >= 15 is 0 Å². The number of carbonyl (C=O) groups is 2. The number of rotatable bonds is 5. The van der Waals surface area contributed by atoms with Crippen LogP contribution in [0.25, 0.3) is 17.4 Å². The predicted molar refractivity (Wildman–Crippen MR) is 99.7 cm³/mol. The van der Waals surface area contributed by atoms with Crippen molar-refractivity contribution in [2.24, 2.45) is 0 Å². The van der Waals surface area contributed by atoms with Gasteiger partial charge in [-0.25, -0.2) is 9.18 Å². The molecule has 0 aliphatic rings. The summed E-state index contributed by atoms with van der Waals surface area (Å²) in [6.45, 7) is 0. The van der Waals surface area contributed by atoms with Crippen molar-refractivity contribution in [1.29, 1.82) is 5.26 Å². The molecular weight excluding hydrogens is 363 g/mol. The highest BCUT2D eigenvalue weighted by Crippen LogP contribution is 2.24. The normalized spacial score (nSPS) is 10.9. The number of aromatic carboxylic acids is 1. The fourth-order valence-corrected chi connectivity index (χ4v) is 2.41.